The third-order valence-electron chi connectivity index (χ3n) is 5.21. The Kier molecular flexibility index (Phi) is 6.31. The molecule has 0 bridgehead atoms. The van der Waals surface area contributed by atoms with Crippen molar-refractivity contribution in [3.8, 4) is 17.2 Å². The Morgan fingerprint density at radius 1 is 0.818 bits per heavy atom. The molecule has 0 unspecified atom stereocenters. The van der Waals surface area contributed by atoms with Crippen LogP contribution in [0.2, 0.25) is 0 Å². The number of nitrogens with one attached hydrogen (secondary N) is 1. The molecular formula is C26H24N2O5. The van der Waals surface area contributed by atoms with Crippen molar-refractivity contribution in [3.05, 3.63) is 84.1 Å². The van der Waals surface area contributed by atoms with E-state index >= 15 is 0 Å². The maximum absolute atomic E-state index is 13.6. The summed E-state index contributed by atoms with van der Waals surface area (Å²) in [6.07, 6.45) is 0. The van der Waals surface area contributed by atoms with Crippen molar-refractivity contribution < 1.29 is 23.8 Å². The van der Waals surface area contributed by atoms with E-state index in [0.29, 0.717) is 40.8 Å². The second-order valence-corrected chi connectivity index (χ2v) is 7.18. The summed E-state index contributed by atoms with van der Waals surface area (Å²) in [5.41, 5.74) is 1.99. The molecule has 0 atom stereocenters. The monoisotopic (exact) mass is 444 g/mol. The molecule has 1 aliphatic heterocycles. The molecule has 7 nitrogen and oxygen atoms in total. The third-order valence-corrected chi connectivity index (χ3v) is 5.21. The lowest BCUT2D eigenvalue weighted by atomic mass is 10.0. The van der Waals surface area contributed by atoms with Crippen LogP contribution in [0.5, 0.6) is 17.2 Å². The molecule has 3 aromatic carbocycles. The molecule has 4 rings (SSSR count). The van der Waals surface area contributed by atoms with Crippen LogP contribution in [0.1, 0.15) is 12.5 Å². The van der Waals surface area contributed by atoms with Crippen LogP contribution in [0.25, 0.3) is 5.57 Å². The van der Waals surface area contributed by atoms with Gasteiger partial charge in [-0.05, 0) is 49.4 Å². The number of carbonyl (C=O) groups is 2. The number of ether oxygens (including phenoxy) is 3. The normalized spacial score (nSPS) is 13.4. The van der Waals surface area contributed by atoms with Gasteiger partial charge in [0.15, 0.2) is 0 Å². The molecular weight excluding hydrogens is 420 g/mol. The van der Waals surface area contributed by atoms with Gasteiger partial charge in [0.1, 0.15) is 22.9 Å². The van der Waals surface area contributed by atoms with Gasteiger partial charge in [-0.3, -0.25) is 9.59 Å². The molecule has 3 aromatic rings. The number of rotatable bonds is 8. The fourth-order valence-electron chi connectivity index (χ4n) is 3.68. The second kappa shape index (κ2) is 9.48. The quantitative estimate of drug-likeness (QED) is 0.516. The van der Waals surface area contributed by atoms with Crippen LogP contribution in [-0.2, 0) is 9.59 Å². The Morgan fingerprint density at radius 3 is 2.27 bits per heavy atom. The van der Waals surface area contributed by atoms with E-state index in [1.54, 1.807) is 73.8 Å². The molecule has 0 aromatic heterocycles. The minimum atomic E-state index is -0.467. The van der Waals surface area contributed by atoms with E-state index < -0.39 is 11.8 Å². The van der Waals surface area contributed by atoms with Crippen LogP contribution in [0, 0.1) is 0 Å². The molecule has 2 amide bonds. The zero-order valence-corrected chi connectivity index (χ0v) is 18.6. The van der Waals surface area contributed by atoms with Crippen molar-refractivity contribution in [2.24, 2.45) is 0 Å². The largest absolute Gasteiger partial charge is 0.497 e. The number of hydrogen-bond acceptors (Lipinski definition) is 6. The Balaban J connectivity index is 1.81. The second-order valence-electron chi connectivity index (χ2n) is 7.18. The molecule has 0 fully saturated rings. The van der Waals surface area contributed by atoms with E-state index in [1.807, 2.05) is 13.0 Å². The van der Waals surface area contributed by atoms with Gasteiger partial charge in [0.2, 0.25) is 0 Å². The van der Waals surface area contributed by atoms with Crippen molar-refractivity contribution in [2.75, 3.05) is 31.0 Å². The summed E-state index contributed by atoms with van der Waals surface area (Å²) in [5, 5.41) is 3.14. The molecule has 1 aliphatic rings. The van der Waals surface area contributed by atoms with E-state index in [1.165, 1.54) is 7.11 Å². The van der Waals surface area contributed by atoms with E-state index in [0.717, 1.165) is 4.90 Å². The first-order valence-electron chi connectivity index (χ1n) is 10.5. The molecule has 7 heteroatoms. The van der Waals surface area contributed by atoms with E-state index in [9.17, 15) is 9.59 Å². The summed E-state index contributed by atoms with van der Waals surface area (Å²) in [6, 6.07) is 21.1. The fourth-order valence-corrected chi connectivity index (χ4v) is 3.68. The molecule has 0 radical (unpaired) electrons. The number of imide groups is 1. The van der Waals surface area contributed by atoms with Crippen LogP contribution in [0.3, 0.4) is 0 Å². The zero-order chi connectivity index (χ0) is 23.4. The Labute approximate surface area is 192 Å². The first-order valence-corrected chi connectivity index (χ1v) is 10.5. The summed E-state index contributed by atoms with van der Waals surface area (Å²) in [6.45, 7) is 2.34. The van der Waals surface area contributed by atoms with Gasteiger partial charge in [0.25, 0.3) is 11.8 Å². The maximum atomic E-state index is 13.6. The van der Waals surface area contributed by atoms with Crippen LogP contribution < -0.4 is 24.4 Å². The van der Waals surface area contributed by atoms with E-state index in [2.05, 4.69) is 5.32 Å². The minimum absolute atomic E-state index is 0.163. The van der Waals surface area contributed by atoms with Gasteiger partial charge >= 0.3 is 0 Å². The Bertz CT molecular complexity index is 1220. The number of amides is 2. The van der Waals surface area contributed by atoms with Gasteiger partial charge in [0, 0.05) is 17.3 Å². The van der Waals surface area contributed by atoms with Crippen LogP contribution in [0.15, 0.2) is 78.5 Å². The Hall–Kier alpha value is -4.26. The number of methoxy groups -OCH3 is 2. The first-order chi connectivity index (χ1) is 16.1. The van der Waals surface area contributed by atoms with Crippen molar-refractivity contribution in [1.29, 1.82) is 0 Å². The number of benzene rings is 3. The smallest absolute Gasteiger partial charge is 0.282 e. The minimum Gasteiger partial charge on any atom is -0.497 e. The first kappa shape index (κ1) is 22.0. The van der Waals surface area contributed by atoms with Crippen LogP contribution in [0.4, 0.5) is 11.4 Å². The topological polar surface area (TPSA) is 77.1 Å². The summed E-state index contributed by atoms with van der Waals surface area (Å²) in [7, 11) is 3.11. The number of hydrogen-bond donors (Lipinski definition) is 1. The lowest BCUT2D eigenvalue weighted by molar-refractivity contribution is -0.120. The summed E-state index contributed by atoms with van der Waals surface area (Å²) >= 11 is 0. The summed E-state index contributed by atoms with van der Waals surface area (Å²) in [5.74, 6) is 0.834. The number of nitrogens with zero attached hydrogens (tertiary/aromatic N) is 1. The van der Waals surface area contributed by atoms with Gasteiger partial charge in [-0.25, -0.2) is 4.90 Å². The van der Waals surface area contributed by atoms with Gasteiger partial charge in [-0.1, -0.05) is 24.3 Å². The SMILES string of the molecule is CCOc1cccc(N2C(=O)C(Nc3ccc(OC)cc3)=C(c3ccccc3OC)C2=O)c1. The van der Waals surface area contributed by atoms with Crippen LogP contribution >= 0.6 is 0 Å². The average Bonchev–Trinajstić information content (AvgIpc) is 3.08. The highest BCUT2D eigenvalue weighted by atomic mass is 16.5. The van der Waals surface area contributed by atoms with Gasteiger partial charge in [0.05, 0.1) is 32.1 Å². The fraction of sp³-hybridized carbons (Fsp3) is 0.154. The highest BCUT2D eigenvalue weighted by Gasteiger charge is 2.41. The van der Waals surface area contributed by atoms with E-state index in [4.69, 9.17) is 14.2 Å². The highest BCUT2D eigenvalue weighted by molar-refractivity contribution is 6.46. The molecule has 0 saturated carbocycles. The van der Waals surface area contributed by atoms with Gasteiger partial charge in [-0.2, -0.15) is 0 Å². The zero-order valence-electron chi connectivity index (χ0n) is 18.6. The lowest BCUT2D eigenvalue weighted by Crippen LogP contribution is -2.32. The van der Waals surface area contributed by atoms with Gasteiger partial charge < -0.3 is 19.5 Å². The highest BCUT2D eigenvalue weighted by Crippen LogP contribution is 2.38. The summed E-state index contributed by atoms with van der Waals surface area (Å²) in [4.78, 5) is 28.4. The van der Waals surface area contributed by atoms with E-state index in [-0.39, 0.29) is 11.3 Å². The van der Waals surface area contributed by atoms with Crippen molar-refractivity contribution in [2.45, 2.75) is 6.92 Å². The number of para-hydroxylation sites is 1. The van der Waals surface area contributed by atoms with Crippen molar-refractivity contribution in [3.63, 3.8) is 0 Å². The van der Waals surface area contributed by atoms with Crippen molar-refractivity contribution >= 4 is 28.8 Å². The molecule has 168 valence electrons. The lowest BCUT2D eigenvalue weighted by Gasteiger charge is -2.16. The Morgan fingerprint density at radius 2 is 1.58 bits per heavy atom. The predicted molar refractivity (Wildman–Crippen MR) is 127 cm³/mol. The molecule has 1 heterocycles. The predicted octanol–water partition coefficient (Wildman–Crippen LogP) is 4.50. The standard InChI is InChI=1S/C26H24N2O5/c1-4-33-20-9-7-8-18(16-20)28-25(29)23(21-10-5-6-11-22(21)32-3)24(26(28)30)27-17-12-14-19(31-2)15-13-17/h5-16,27H,4H2,1-3H3. The van der Waals surface area contributed by atoms with Gasteiger partial charge in [-0.15, -0.1) is 0 Å². The molecule has 0 spiro atoms. The molecule has 0 saturated heterocycles. The molecule has 33 heavy (non-hydrogen) atoms. The van der Waals surface area contributed by atoms with Crippen LogP contribution in [-0.4, -0.2) is 32.6 Å². The maximum Gasteiger partial charge on any atom is 0.282 e. The molecule has 0 aliphatic carbocycles. The summed E-state index contributed by atoms with van der Waals surface area (Å²) < 4.78 is 16.2. The molecule has 1 N–H and O–H groups in total. The van der Waals surface area contributed by atoms with Crippen molar-refractivity contribution in [1.82, 2.24) is 0 Å². The number of carbonyl (C=O) groups excluding carboxylic acids is 2. The third kappa shape index (κ3) is 4.25. The average molecular weight is 444 g/mol. The number of anilines is 2.